The van der Waals surface area contributed by atoms with Gasteiger partial charge < -0.3 is 9.15 Å². The van der Waals surface area contributed by atoms with Gasteiger partial charge in [-0.3, -0.25) is 10.2 Å². The molecule has 1 N–H and O–H groups in total. The summed E-state index contributed by atoms with van der Waals surface area (Å²) in [6.45, 7) is 0. The van der Waals surface area contributed by atoms with Crippen molar-refractivity contribution >= 4 is 44.3 Å². The molecule has 0 aliphatic heterocycles. The molecule has 0 spiro atoms. The Morgan fingerprint density at radius 1 is 1.27 bits per heavy atom. The molecular weight excluding hydrogens is 363 g/mol. The van der Waals surface area contributed by atoms with Crippen LogP contribution in [0.5, 0.6) is 0 Å². The van der Waals surface area contributed by atoms with Crippen molar-refractivity contribution in [3.05, 3.63) is 58.2 Å². The number of amides is 2. The number of halogens is 1. The molecule has 1 aromatic carbocycles. The fourth-order valence-electron chi connectivity index (χ4n) is 2.25. The summed E-state index contributed by atoms with van der Waals surface area (Å²) in [5, 5.41) is 2.97. The molecule has 7 nitrogen and oxygen atoms in total. The first-order valence-corrected chi connectivity index (χ1v) is 8.17. The number of benzene rings is 1. The van der Waals surface area contributed by atoms with Crippen molar-refractivity contribution in [3.63, 3.8) is 0 Å². The molecule has 0 fully saturated rings. The molecule has 2 amide bonds. The average Bonchev–Trinajstić information content (AvgIpc) is 3.01. The summed E-state index contributed by atoms with van der Waals surface area (Å²) in [6.07, 6.45) is 0. The topological polar surface area (TPSA) is 88.8 Å². The highest BCUT2D eigenvalue weighted by molar-refractivity contribution is 7.22. The van der Waals surface area contributed by atoms with Crippen molar-refractivity contribution in [1.29, 1.82) is 0 Å². The lowest BCUT2D eigenvalue weighted by atomic mass is 10.3. The van der Waals surface area contributed by atoms with E-state index in [0.717, 1.165) is 23.3 Å². The van der Waals surface area contributed by atoms with Crippen LogP contribution >= 0.6 is 11.3 Å². The molecule has 0 atom stereocenters. The smallest absolute Gasteiger partial charge is 0.351 e. The number of para-hydroxylation sites is 1. The van der Waals surface area contributed by atoms with Crippen LogP contribution < -0.4 is 15.8 Å². The highest BCUT2D eigenvalue weighted by Crippen LogP contribution is 2.30. The molecule has 0 saturated heterocycles. The average molecular weight is 376 g/mol. The summed E-state index contributed by atoms with van der Waals surface area (Å²) >= 11 is 1.10. The summed E-state index contributed by atoms with van der Waals surface area (Å²) in [5.74, 6) is -1.34. The number of carbonyl (C=O) groups excluding carboxylic acids is 2. The van der Waals surface area contributed by atoms with E-state index in [1.165, 1.54) is 37.4 Å². The Labute approximate surface area is 150 Å². The zero-order chi connectivity index (χ0) is 18.8. The number of carbonyl (C=O) groups is 2. The molecule has 0 radical (unpaired) electrons. The lowest BCUT2D eigenvalue weighted by Crippen LogP contribution is -2.31. The summed E-state index contributed by atoms with van der Waals surface area (Å²) in [5.41, 5.74) is -0.728. The summed E-state index contributed by atoms with van der Waals surface area (Å²) < 4.78 is 23.9. The molecule has 2 aromatic heterocycles. The van der Waals surface area contributed by atoms with Gasteiger partial charge in [-0.1, -0.05) is 12.1 Å². The van der Waals surface area contributed by atoms with Crippen LogP contribution in [-0.2, 0) is 4.74 Å². The Balaban J connectivity index is 1.87. The van der Waals surface area contributed by atoms with Crippen molar-refractivity contribution in [2.75, 3.05) is 24.4 Å². The molecule has 3 rings (SSSR count). The minimum atomic E-state index is -0.830. The number of anilines is 2. The van der Waals surface area contributed by atoms with Crippen LogP contribution in [0.2, 0.25) is 0 Å². The Kier molecular flexibility index (Phi) is 4.72. The van der Waals surface area contributed by atoms with E-state index >= 15 is 0 Å². The number of methoxy groups -OCH3 is 1. The Morgan fingerprint density at radius 2 is 2.00 bits per heavy atom. The number of rotatable bonds is 3. The normalized spacial score (nSPS) is 10.6. The highest BCUT2D eigenvalue weighted by atomic mass is 32.1. The van der Waals surface area contributed by atoms with Gasteiger partial charge in [0.05, 0.1) is 17.5 Å². The second-order valence-electron chi connectivity index (χ2n) is 5.22. The van der Waals surface area contributed by atoms with E-state index in [0.29, 0.717) is 9.70 Å². The number of hydrogen-bond acceptors (Lipinski definition) is 6. The molecule has 0 aliphatic carbocycles. The maximum atomic E-state index is 13.8. The van der Waals surface area contributed by atoms with Crippen molar-refractivity contribution in [1.82, 2.24) is 0 Å². The number of ether oxygens (including phenoxy) is 1. The van der Waals surface area contributed by atoms with E-state index < -0.39 is 23.4 Å². The zero-order valence-corrected chi connectivity index (χ0v) is 14.6. The van der Waals surface area contributed by atoms with Gasteiger partial charge in [0.1, 0.15) is 16.4 Å². The van der Waals surface area contributed by atoms with Gasteiger partial charge >= 0.3 is 17.6 Å². The van der Waals surface area contributed by atoms with E-state index in [1.807, 2.05) is 0 Å². The van der Waals surface area contributed by atoms with E-state index in [9.17, 15) is 18.8 Å². The predicted molar refractivity (Wildman–Crippen MR) is 95.5 cm³/mol. The second-order valence-corrected chi connectivity index (χ2v) is 6.30. The van der Waals surface area contributed by atoms with Crippen LogP contribution in [-0.4, -0.2) is 26.2 Å². The Morgan fingerprint density at radius 3 is 2.69 bits per heavy atom. The number of fused-ring (bicyclic) bond motifs is 1. The maximum Gasteiger partial charge on any atom is 0.351 e. The summed E-state index contributed by atoms with van der Waals surface area (Å²) in [6, 6.07) is 8.09. The molecule has 9 heteroatoms. The van der Waals surface area contributed by atoms with Gasteiger partial charge in [-0.25, -0.2) is 18.8 Å². The maximum absolute atomic E-state index is 13.8. The van der Waals surface area contributed by atoms with Gasteiger partial charge in [0.15, 0.2) is 5.58 Å². The van der Waals surface area contributed by atoms with Crippen molar-refractivity contribution < 1.29 is 23.1 Å². The molecule has 3 aromatic rings. The van der Waals surface area contributed by atoms with Crippen molar-refractivity contribution in [2.24, 2.45) is 0 Å². The van der Waals surface area contributed by atoms with Gasteiger partial charge in [0.2, 0.25) is 0 Å². The number of thiophene rings is 1. The molecule has 0 bridgehead atoms. The van der Waals surface area contributed by atoms with Crippen LogP contribution in [0.15, 0.2) is 45.6 Å². The standard InChI is InChI=1S/C17H13FN2O5S/c1-20(11-6-4-3-5-10(11)18)17(23)19-14-8-12-13(26-14)7-9(15(21)24-2)16(22)25-12/h3-8H,1-2H3,(H,19,23). The zero-order valence-electron chi connectivity index (χ0n) is 13.7. The van der Waals surface area contributed by atoms with E-state index in [1.54, 1.807) is 6.07 Å². The van der Waals surface area contributed by atoms with Gasteiger partial charge in [0.25, 0.3) is 0 Å². The number of nitrogens with one attached hydrogen (secondary N) is 1. The first kappa shape index (κ1) is 17.6. The minimum absolute atomic E-state index is 0.116. The van der Waals surface area contributed by atoms with Crippen LogP contribution in [0, 0.1) is 5.82 Å². The Bertz CT molecular complexity index is 1060. The van der Waals surface area contributed by atoms with Gasteiger partial charge in [0, 0.05) is 13.1 Å². The number of esters is 1. The van der Waals surface area contributed by atoms with Crippen LogP contribution in [0.3, 0.4) is 0 Å². The molecular formula is C17H13FN2O5S. The third-order valence-corrected chi connectivity index (χ3v) is 4.56. The fourth-order valence-corrected chi connectivity index (χ4v) is 3.17. The molecule has 0 unspecified atom stereocenters. The summed E-state index contributed by atoms with van der Waals surface area (Å²) in [7, 11) is 2.58. The lowest BCUT2D eigenvalue weighted by molar-refractivity contribution is 0.0596. The number of hydrogen-bond donors (Lipinski definition) is 1. The Hall–Kier alpha value is -3.20. The van der Waals surface area contributed by atoms with E-state index in [-0.39, 0.29) is 16.8 Å². The fraction of sp³-hybridized carbons (Fsp3) is 0.118. The molecule has 134 valence electrons. The van der Waals surface area contributed by atoms with Gasteiger partial charge in [-0.05, 0) is 18.2 Å². The predicted octanol–water partition coefficient (Wildman–Crippen LogP) is 3.45. The monoisotopic (exact) mass is 376 g/mol. The highest BCUT2D eigenvalue weighted by Gasteiger charge is 2.18. The van der Waals surface area contributed by atoms with Crippen LogP contribution in [0.4, 0.5) is 19.9 Å². The third-order valence-electron chi connectivity index (χ3n) is 3.58. The number of nitrogens with zero attached hydrogens (tertiary/aromatic N) is 1. The van der Waals surface area contributed by atoms with Crippen LogP contribution in [0.25, 0.3) is 10.3 Å². The van der Waals surface area contributed by atoms with Crippen molar-refractivity contribution in [3.8, 4) is 0 Å². The van der Waals surface area contributed by atoms with Crippen LogP contribution in [0.1, 0.15) is 10.4 Å². The SMILES string of the molecule is COC(=O)c1cc2sc(NC(=O)N(C)c3ccccc3F)cc2oc1=O. The molecule has 0 aliphatic rings. The summed E-state index contributed by atoms with van der Waals surface area (Å²) in [4.78, 5) is 36.8. The second kappa shape index (κ2) is 6.96. The van der Waals surface area contributed by atoms with Crippen molar-refractivity contribution in [2.45, 2.75) is 0 Å². The third kappa shape index (κ3) is 3.29. The first-order valence-electron chi connectivity index (χ1n) is 7.36. The first-order chi connectivity index (χ1) is 12.4. The largest absolute Gasteiger partial charge is 0.465 e. The molecule has 26 heavy (non-hydrogen) atoms. The number of urea groups is 1. The van der Waals surface area contributed by atoms with Gasteiger partial charge in [-0.2, -0.15) is 0 Å². The molecule has 0 saturated carbocycles. The van der Waals surface area contributed by atoms with Gasteiger partial charge in [-0.15, -0.1) is 11.3 Å². The molecule has 2 heterocycles. The quantitative estimate of drug-likeness (QED) is 0.707. The van der Waals surface area contributed by atoms with E-state index in [4.69, 9.17) is 4.42 Å². The van der Waals surface area contributed by atoms with E-state index in [2.05, 4.69) is 10.1 Å². The lowest BCUT2D eigenvalue weighted by Gasteiger charge is -2.17. The minimum Gasteiger partial charge on any atom is -0.465 e.